The van der Waals surface area contributed by atoms with Crippen LogP contribution in [0.25, 0.3) is 0 Å². The maximum absolute atomic E-state index is 13.6. The minimum absolute atomic E-state index is 0.00276. The fraction of sp³-hybridized carbons (Fsp3) is 0.214. The lowest BCUT2D eigenvalue weighted by Gasteiger charge is -2.07. The van der Waals surface area contributed by atoms with Gasteiger partial charge in [-0.25, -0.2) is 8.78 Å². The third kappa shape index (κ3) is 3.60. The van der Waals surface area contributed by atoms with Crippen LogP contribution >= 0.6 is 11.3 Å². The summed E-state index contributed by atoms with van der Waals surface area (Å²) in [5, 5.41) is 15.6. The number of hydrogen-bond donors (Lipinski definition) is 1. The fourth-order valence-corrected chi connectivity index (χ4v) is 2.42. The summed E-state index contributed by atoms with van der Waals surface area (Å²) in [5.41, 5.74) is 1.18. The fourth-order valence-electron chi connectivity index (χ4n) is 1.72. The Balaban J connectivity index is 1.91. The van der Waals surface area contributed by atoms with Crippen LogP contribution in [0.4, 0.5) is 8.78 Å². The monoisotopic (exact) mass is 278 g/mol. The lowest BCUT2D eigenvalue weighted by Crippen LogP contribution is -2.18. The van der Waals surface area contributed by atoms with Gasteiger partial charge in [0.05, 0.1) is 11.6 Å². The standard InChI is InChI=1S/C14H12F2N2S/c15-13-5-11(7-17)6-14(16)12(13)8-18-3-1-10-2-4-19-9-10/h2,4-6,9,18H,1,3,8H2. The molecule has 1 heterocycles. The molecule has 0 aliphatic rings. The van der Waals surface area contributed by atoms with Crippen molar-refractivity contribution in [2.24, 2.45) is 0 Å². The maximum Gasteiger partial charge on any atom is 0.131 e. The Morgan fingerprint density at radius 3 is 2.58 bits per heavy atom. The lowest BCUT2D eigenvalue weighted by atomic mass is 10.1. The maximum atomic E-state index is 13.6. The molecule has 0 atom stereocenters. The van der Waals surface area contributed by atoms with E-state index in [1.807, 2.05) is 16.8 Å². The number of halogens is 2. The predicted molar refractivity (Wildman–Crippen MR) is 70.8 cm³/mol. The van der Waals surface area contributed by atoms with Gasteiger partial charge in [0, 0.05) is 12.1 Å². The molecular formula is C14H12F2N2S. The molecule has 0 saturated heterocycles. The summed E-state index contributed by atoms with van der Waals surface area (Å²) in [6.07, 6.45) is 0.822. The number of thiophene rings is 1. The van der Waals surface area contributed by atoms with Crippen LogP contribution in [0.1, 0.15) is 16.7 Å². The zero-order valence-corrected chi connectivity index (χ0v) is 10.9. The van der Waals surface area contributed by atoms with Crippen LogP contribution < -0.4 is 5.32 Å². The highest BCUT2D eigenvalue weighted by Crippen LogP contribution is 2.15. The number of nitrogens with zero attached hydrogens (tertiary/aromatic N) is 1. The molecule has 5 heteroatoms. The SMILES string of the molecule is N#Cc1cc(F)c(CNCCc2ccsc2)c(F)c1. The third-order valence-corrected chi connectivity index (χ3v) is 3.47. The molecule has 1 aromatic heterocycles. The Hall–Kier alpha value is -1.77. The Kier molecular flexibility index (Phi) is 4.61. The van der Waals surface area contributed by atoms with Gasteiger partial charge in [-0.3, -0.25) is 0 Å². The molecule has 0 bridgehead atoms. The van der Waals surface area contributed by atoms with Crippen molar-refractivity contribution in [3.05, 3.63) is 57.3 Å². The molecule has 19 heavy (non-hydrogen) atoms. The molecule has 2 rings (SSSR count). The van der Waals surface area contributed by atoms with Crippen molar-refractivity contribution in [2.75, 3.05) is 6.54 Å². The summed E-state index contributed by atoms with van der Waals surface area (Å²) in [6, 6.07) is 5.85. The van der Waals surface area contributed by atoms with Gasteiger partial charge < -0.3 is 5.32 Å². The first-order valence-corrected chi connectivity index (χ1v) is 6.75. The second kappa shape index (κ2) is 6.41. The molecule has 0 unspecified atom stereocenters. The molecule has 0 saturated carbocycles. The van der Waals surface area contributed by atoms with E-state index >= 15 is 0 Å². The van der Waals surface area contributed by atoms with E-state index in [2.05, 4.69) is 5.32 Å². The van der Waals surface area contributed by atoms with Crippen molar-refractivity contribution < 1.29 is 8.78 Å². The summed E-state index contributed by atoms with van der Waals surface area (Å²) in [4.78, 5) is 0. The summed E-state index contributed by atoms with van der Waals surface area (Å²) in [6.45, 7) is 0.767. The van der Waals surface area contributed by atoms with Gasteiger partial charge in [0.1, 0.15) is 11.6 Å². The normalized spacial score (nSPS) is 10.4. The van der Waals surface area contributed by atoms with Gasteiger partial charge in [0.25, 0.3) is 0 Å². The molecule has 2 aromatic rings. The molecule has 0 aliphatic heterocycles. The van der Waals surface area contributed by atoms with E-state index < -0.39 is 11.6 Å². The minimum atomic E-state index is -0.681. The van der Waals surface area contributed by atoms with Crippen molar-refractivity contribution in [2.45, 2.75) is 13.0 Å². The number of hydrogen-bond acceptors (Lipinski definition) is 3. The number of benzene rings is 1. The Morgan fingerprint density at radius 2 is 2.00 bits per heavy atom. The predicted octanol–water partition coefficient (Wildman–Crippen LogP) is 3.23. The highest BCUT2D eigenvalue weighted by atomic mass is 32.1. The van der Waals surface area contributed by atoms with E-state index in [9.17, 15) is 8.78 Å². The summed E-state index contributed by atoms with van der Waals surface area (Å²) in [7, 11) is 0. The molecule has 0 radical (unpaired) electrons. The Bertz CT molecular complexity index is 565. The van der Waals surface area contributed by atoms with Crippen LogP contribution in [0.3, 0.4) is 0 Å². The van der Waals surface area contributed by atoms with Crippen LogP contribution in [-0.2, 0) is 13.0 Å². The largest absolute Gasteiger partial charge is 0.312 e. The summed E-state index contributed by atoms with van der Waals surface area (Å²) in [5.74, 6) is -1.36. The van der Waals surface area contributed by atoms with Crippen LogP contribution in [0.5, 0.6) is 0 Å². The van der Waals surface area contributed by atoms with Crippen molar-refractivity contribution in [1.82, 2.24) is 5.32 Å². The molecule has 1 N–H and O–H groups in total. The quantitative estimate of drug-likeness (QED) is 0.852. The first-order chi connectivity index (χ1) is 9.20. The average molecular weight is 278 g/mol. The van der Waals surface area contributed by atoms with Crippen LogP contribution in [-0.4, -0.2) is 6.54 Å². The molecular weight excluding hydrogens is 266 g/mol. The molecule has 2 nitrogen and oxygen atoms in total. The minimum Gasteiger partial charge on any atom is -0.312 e. The molecule has 1 aromatic carbocycles. The average Bonchev–Trinajstić information content (AvgIpc) is 2.89. The van der Waals surface area contributed by atoms with Crippen LogP contribution in [0, 0.1) is 23.0 Å². The molecule has 98 valence electrons. The van der Waals surface area contributed by atoms with E-state index in [1.165, 1.54) is 5.56 Å². The highest BCUT2D eigenvalue weighted by Gasteiger charge is 2.10. The molecule has 0 amide bonds. The van der Waals surface area contributed by atoms with Crippen molar-refractivity contribution >= 4 is 11.3 Å². The van der Waals surface area contributed by atoms with Gasteiger partial charge in [-0.15, -0.1) is 0 Å². The van der Waals surface area contributed by atoms with E-state index in [-0.39, 0.29) is 17.7 Å². The smallest absolute Gasteiger partial charge is 0.131 e. The van der Waals surface area contributed by atoms with Crippen LogP contribution in [0.2, 0.25) is 0 Å². The first kappa shape index (κ1) is 13.7. The van der Waals surface area contributed by atoms with E-state index in [0.717, 1.165) is 18.6 Å². The van der Waals surface area contributed by atoms with Crippen LogP contribution in [0.15, 0.2) is 29.0 Å². The lowest BCUT2D eigenvalue weighted by molar-refractivity contribution is 0.535. The van der Waals surface area contributed by atoms with Gasteiger partial charge in [-0.2, -0.15) is 16.6 Å². The van der Waals surface area contributed by atoms with E-state index in [4.69, 9.17) is 5.26 Å². The van der Waals surface area contributed by atoms with Gasteiger partial charge in [0.2, 0.25) is 0 Å². The Labute approximate surface area is 114 Å². The van der Waals surface area contributed by atoms with Gasteiger partial charge in [0.15, 0.2) is 0 Å². The Morgan fingerprint density at radius 1 is 1.26 bits per heavy atom. The number of nitrogens with one attached hydrogen (secondary N) is 1. The zero-order chi connectivity index (χ0) is 13.7. The number of rotatable bonds is 5. The van der Waals surface area contributed by atoms with Gasteiger partial charge in [-0.1, -0.05) is 0 Å². The van der Waals surface area contributed by atoms with E-state index in [1.54, 1.807) is 17.4 Å². The molecule has 0 spiro atoms. The van der Waals surface area contributed by atoms with Crippen molar-refractivity contribution in [1.29, 1.82) is 5.26 Å². The molecule has 0 fully saturated rings. The topological polar surface area (TPSA) is 35.8 Å². The highest BCUT2D eigenvalue weighted by molar-refractivity contribution is 7.07. The number of nitriles is 1. The van der Waals surface area contributed by atoms with Crippen molar-refractivity contribution in [3.8, 4) is 6.07 Å². The van der Waals surface area contributed by atoms with Gasteiger partial charge in [-0.05, 0) is 47.5 Å². The second-order valence-corrected chi connectivity index (χ2v) is 4.87. The van der Waals surface area contributed by atoms with E-state index in [0.29, 0.717) is 6.54 Å². The second-order valence-electron chi connectivity index (χ2n) is 4.09. The zero-order valence-electron chi connectivity index (χ0n) is 10.1. The van der Waals surface area contributed by atoms with Gasteiger partial charge >= 0.3 is 0 Å². The summed E-state index contributed by atoms with van der Waals surface area (Å²) < 4.78 is 27.1. The summed E-state index contributed by atoms with van der Waals surface area (Å²) >= 11 is 1.62. The first-order valence-electron chi connectivity index (χ1n) is 5.80. The van der Waals surface area contributed by atoms with Crippen molar-refractivity contribution in [3.63, 3.8) is 0 Å². The molecule has 0 aliphatic carbocycles. The third-order valence-electron chi connectivity index (χ3n) is 2.74.